The molecule has 0 spiro atoms. The van der Waals surface area contributed by atoms with Crippen LogP contribution in [-0.2, 0) is 19.1 Å². The van der Waals surface area contributed by atoms with Gasteiger partial charge in [0.15, 0.2) is 0 Å². The molecule has 6 nitrogen and oxygen atoms in total. The maximum Gasteiger partial charge on any atom is 0.322 e. The zero-order valence-electron chi connectivity index (χ0n) is 36.0. The molecule has 0 fully saturated rings. The number of hydrogen-bond donors (Lipinski definition) is 2. The lowest BCUT2D eigenvalue weighted by atomic mass is 10.0. The van der Waals surface area contributed by atoms with Crippen molar-refractivity contribution in [2.75, 3.05) is 6.54 Å². The lowest BCUT2D eigenvalue weighted by Crippen LogP contribution is -2.28. The fourth-order valence-corrected chi connectivity index (χ4v) is 6.86. The quantitative estimate of drug-likeness (QED) is 0.0366. The minimum Gasteiger partial charge on any atom is -0.480 e. The lowest BCUT2D eigenvalue weighted by Gasteiger charge is -2.18. The van der Waals surface area contributed by atoms with E-state index in [1.54, 1.807) is 0 Å². The standard InChI is InChI=1S/C49H87NO5/c1-3-5-7-9-11-13-15-16-17-18-19-20-21-22-23-24-25-26-27-29-31-36-40-44-49(54)55-46(41-37-33-30-28-14-12-10-8-6-4-2)42-38-34-32-35-39-43-47(51)50-45-48(52)53/h5,7,11,13,16-17,19-20,46H,3-4,6,8-10,12,14-15,18,21-45H2,1-2H3,(H,50,51)(H,52,53)/b7-5-,13-11-,17-16-,20-19-. The van der Waals surface area contributed by atoms with Crippen molar-refractivity contribution in [3.63, 3.8) is 0 Å². The van der Waals surface area contributed by atoms with Crippen LogP contribution in [0.2, 0.25) is 0 Å². The molecule has 0 aromatic carbocycles. The number of carbonyl (C=O) groups is 3. The highest BCUT2D eigenvalue weighted by atomic mass is 16.5. The first-order valence-electron chi connectivity index (χ1n) is 23.3. The average Bonchev–Trinajstić information content (AvgIpc) is 3.17. The second kappa shape index (κ2) is 44.1. The molecule has 0 aromatic rings. The Bertz CT molecular complexity index is 984. The second-order valence-electron chi connectivity index (χ2n) is 15.6. The number of esters is 1. The smallest absolute Gasteiger partial charge is 0.322 e. The summed E-state index contributed by atoms with van der Waals surface area (Å²) in [5.74, 6) is -1.23. The molecule has 55 heavy (non-hydrogen) atoms. The predicted molar refractivity (Wildman–Crippen MR) is 235 cm³/mol. The zero-order chi connectivity index (χ0) is 40.1. The summed E-state index contributed by atoms with van der Waals surface area (Å²) in [6.07, 6.45) is 56.7. The van der Waals surface area contributed by atoms with Crippen molar-refractivity contribution in [3.05, 3.63) is 48.6 Å². The minimum absolute atomic E-state index is 0.0188. The van der Waals surface area contributed by atoms with Crippen LogP contribution in [0.4, 0.5) is 0 Å². The van der Waals surface area contributed by atoms with Crippen LogP contribution >= 0.6 is 0 Å². The van der Waals surface area contributed by atoms with Gasteiger partial charge in [0.1, 0.15) is 12.6 Å². The van der Waals surface area contributed by atoms with Crippen molar-refractivity contribution < 1.29 is 24.2 Å². The Labute approximate surface area is 339 Å². The summed E-state index contributed by atoms with van der Waals surface area (Å²) in [5.41, 5.74) is 0. The largest absolute Gasteiger partial charge is 0.480 e. The molecule has 0 aliphatic carbocycles. The fraction of sp³-hybridized carbons (Fsp3) is 0.776. The van der Waals surface area contributed by atoms with Crippen LogP contribution in [0.25, 0.3) is 0 Å². The number of carbonyl (C=O) groups excluding carboxylic acids is 2. The van der Waals surface area contributed by atoms with E-state index in [0.717, 1.165) is 89.9 Å². The van der Waals surface area contributed by atoms with Gasteiger partial charge in [-0.05, 0) is 77.0 Å². The number of hydrogen-bond acceptors (Lipinski definition) is 4. The molecular formula is C49H87NO5. The molecule has 318 valence electrons. The topological polar surface area (TPSA) is 92.7 Å². The molecule has 0 bridgehead atoms. The van der Waals surface area contributed by atoms with Crippen molar-refractivity contribution in [3.8, 4) is 0 Å². The molecule has 0 aliphatic rings. The Morgan fingerprint density at radius 2 is 0.891 bits per heavy atom. The van der Waals surface area contributed by atoms with Gasteiger partial charge >= 0.3 is 11.9 Å². The van der Waals surface area contributed by atoms with Crippen LogP contribution in [-0.4, -0.2) is 35.6 Å². The fourth-order valence-electron chi connectivity index (χ4n) is 6.86. The predicted octanol–water partition coefficient (Wildman–Crippen LogP) is 14.6. The third kappa shape index (κ3) is 44.0. The maximum absolute atomic E-state index is 12.8. The number of carboxylic acid groups (broad SMARTS) is 1. The van der Waals surface area contributed by atoms with Crippen molar-refractivity contribution in [2.24, 2.45) is 0 Å². The Morgan fingerprint density at radius 1 is 0.491 bits per heavy atom. The van der Waals surface area contributed by atoms with E-state index in [-0.39, 0.29) is 24.5 Å². The first-order valence-corrected chi connectivity index (χ1v) is 23.3. The van der Waals surface area contributed by atoms with Crippen molar-refractivity contribution >= 4 is 17.8 Å². The summed E-state index contributed by atoms with van der Waals surface area (Å²) < 4.78 is 6.04. The molecule has 2 N–H and O–H groups in total. The van der Waals surface area contributed by atoms with Crippen LogP contribution in [0.5, 0.6) is 0 Å². The molecule has 6 heteroatoms. The van der Waals surface area contributed by atoms with Gasteiger partial charge in [0.05, 0.1) is 0 Å². The average molecular weight is 770 g/mol. The van der Waals surface area contributed by atoms with E-state index in [1.165, 1.54) is 116 Å². The number of ether oxygens (including phenoxy) is 1. The molecule has 0 aromatic heterocycles. The Morgan fingerprint density at radius 3 is 1.36 bits per heavy atom. The first-order chi connectivity index (χ1) is 27.0. The third-order valence-electron chi connectivity index (χ3n) is 10.3. The SMILES string of the molecule is CC/C=C\C/C=C\C/C=C\C/C=C\CCCCCCCCCCCCC(=O)OC(CCCCCCCCCCCC)CCCCCCCC(=O)NCC(=O)O. The second-order valence-corrected chi connectivity index (χ2v) is 15.6. The summed E-state index contributed by atoms with van der Waals surface area (Å²) in [6, 6.07) is 0. The molecule has 0 radical (unpaired) electrons. The van der Waals surface area contributed by atoms with Crippen LogP contribution in [0.3, 0.4) is 0 Å². The number of amides is 1. The Hall–Kier alpha value is -2.63. The van der Waals surface area contributed by atoms with Crippen LogP contribution in [0.15, 0.2) is 48.6 Å². The molecule has 0 heterocycles. The summed E-state index contributed by atoms with van der Waals surface area (Å²) in [4.78, 5) is 35.1. The van der Waals surface area contributed by atoms with Gasteiger partial charge in [-0.15, -0.1) is 0 Å². The van der Waals surface area contributed by atoms with Crippen LogP contribution in [0.1, 0.15) is 232 Å². The first kappa shape index (κ1) is 52.4. The van der Waals surface area contributed by atoms with Crippen LogP contribution < -0.4 is 5.32 Å². The number of unbranched alkanes of at least 4 members (excludes halogenated alkanes) is 23. The maximum atomic E-state index is 12.8. The van der Waals surface area contributed by atoms with E-state index in [1.807, 2.05) is 0 Å². The molecule has 0 saturated heterocycles. The molecule has 0 aliphatic heterocycles. The Balaban J connectivity index is 4.02. The van der Waals surface area contributed by atoms with E-state index in [4.69, 9.17) is 9.84 Å². The summed E-state index contributed by atoms with van der Waals surface area (Å²) >= 11 is 0. The van der Waals surface area contributed by atoms with Gasteiger partial charge in [0.25, 0.3) is 0 Å². The molecule has 1 unspecified atom stereocenters. The highest BCUT2D eigenvalue weighted by Crippen LogP contribution is 2.19. The van der Waals surface area contributed by atoms with Crippen LogP contribution in [0, 0.1) is 0 Å². The Kier molecular flexibility index (Phi) is 42.0. The number of carboxylic acids is 1. The summed E-state index contributed by atoms with van der Waals surface area (Å²) in [7, 11) is 0. The molecule has 0 rings (SSSR count). The van der Waals surface area contributed by atoms with E-state index < -0.39 is 5.97 Å². The zero-order valence-corrected chi connectivity index (χ0v) is 36.0. The van der Waals surface area contributed by atoms with Gasteiger partial charge < -0.3 is 15.2 Å². The van der Waals surface area contributed by atoms with Gasteiger partial charge in [-0.3, -0.25) is 14.4 Å². The monoisotopic (exact) mass is 770 g/mol. The van der Waals surface area contributed by atoms with Gasteiger partial charge in [0, 0.05) is 12.8 Å². The minimum atomic E-state index is -1.02. The number of nitrogens with one attached hydrogen (secondary N) is 1. The highest BCUT2D eigenvalue weighted by Gasteiger charge is 2.14. The van der Waals surface area contributed by atoms with E-state index in [0.29, 0.717) is 12.8 Å². The third-order valence-corrected chi connectivity index (χ3v) is 10.3. The molecular weight excluding hydrogens is 683 g/mol. The summed E-state index contributed by atoms with van der Waals surface area (Å²) in [5, 5.41) is 11.1. The number of rotatable bonds is 42. The van der Waals surface area contributed by atoms with Crippen molar-refractivity contribution in [1.82, 2.24) is 5.32 Å². The van der Waals surface area contributed by atoms with E-state index in [2.05, 4.69) is 67.8 Å². The van der Waals surface area contributed by atoms with E-state index >= 15 is 0 Å². The van der Waals surface area contributed by atoms with E-state index in [9.17, 15) is 14.4 Å². The highest BCUT2D eigenvalue weighted by molar-refractivity contribution is 5.80. The van der Waals surface area contributed by atoms with Gasteiger partial charge in [-0.25, -0.2) is 0 Å². The van der Waals surface area contributed by atoms with Gasteiger partial charge in [0.2, 0.25) is 5.91 Å². The normalized spacial score (nSPS) is 12.5. The number of allylic oxidation sites excluding steroid dienone is 8. The molecule has 0 saturated carbocycles. The van der Waals surface area contributed by atoms with Crippen molar-refractivity contribution in [1.29, 1.82) is 0 Å². The van der Waals surface area contributed by atoms with Gasteiger partial charge in [-0.2, -0.15) is 0 Å². The van der Waals surface area contributed by atoms with Crippen molar-refractivity contribution in [2.45, 2.75) is 238 Å². The summed E-state index contributed by atoms with van der Waals surface area (Å²) in [6.45, 7) is 4.12. The molecule has 1 atom stereocenters. The lowest BCUT2D eigenvalue weighted by molar-refractivity contribution is -0.150. The number of aliphatic carboxylic acids is 1. The van der Waals surface area contributed by atoms with Gasteiger partial charge in [-0.1, -0.05) is 191 Å². The molecule has 1 amide bonds.